The van der Waals surface area contributed by atoms with Crippen molar-refractivity contribution in [3.63, 3.8) is 0 Å². The number of amides is 2. The van der Waals surface area contributed by atoms with Crippen LogP contribution in [0.25, 0.3) is 0 Å². The average molecular weight is 491 g/mol. The van der Waals surface area contributed by atoms with Gasteiger partial charge in [0.1, 0.15) is 18.4 Å². The predicted octanol–water partition coefficient (Wildman–Crippen LogP) is -1.72. The summed E-state index contributed by atoms with van der Waals surface area (Å²) in [6.45, 7) is 2.25. The van der Waals surface area contributed by atoms with E-state index in [9.17, 15) is 27.6 Å². The third kappa shape index (κ3) is 10.2. The minimum Gasteiger partial charge on any atom is -0.481 e. The summed E-state index contributed by atoms with van der Waals surface area (Å²) in [6, 6.07) is -3.28. The fraction of sp³-hybridized carbons (Fsp3) is 0.737. The number of carboxylic acid groups (broad SMARTS) is 1. The predicted molar refractivity (Wildman–Crippen MR) is 121 cm³/mol. The van der Waals surface area contributed by atoms with Crippen molar-refractivity contribution in [2.24, 2.45) is 16.5 Å². The van der Waals surface area contributed by atoms with Crippen LogP contribution in [0.2, 0.25) is 0 Å². The van der Waals surface area contributed by atoms with E-state index in [4.69, 9.17) is 16.6 Å². The van der Waals surface area contributed by atoms with Gasteiger partial charge < -0.3 is 31.6 Å². The number of guanidine groups is 1. The molecule has 0 spiro atoms. The number of aldehydes is 1. The van der Waals surface area contributed by atoms with Crippen molar-refractivity contribution in [3.8, 4) is 0 Å². The molecule has 7 N–H and O–H groups in total. The molecule has 0 aliphatic carbocycles. The summed E-state index contributed by atoms with van der Waals surface area (Å²) in [5.41, 5.74) is 10.5. The van der Waals surface area contributed by atoms with E-state index < -0.39 is 52.4 Å². The SMILES string of the molecule is CCCCS(=O)(=O)N[C@H](CC(=O)O)C(=O)N1CCC[C@H]1C(=O)N[C@@H](C=O)CCCN=C(N)N. The molecule has 2 amide bonds. The van der Waals surface area contributed by atoms with Crippen LogP contribution in [-0.2, 0) is 29.2 Å². The Morgan fingerprint density at radius 2 is 1.97 bits per heavy atom. The van der Waals surface area contributed by atoms with Crippen LogP contribution in [0.1, 0.15) is 51.9 Å². The monoisotopic (exact) mass is 490 g/mol. The maximum Gasteiger partial charge on any atom is 0.305 e. The van der Waals surface area contributed by atoms with Crippen LogP contribution in [0.5, 0.6) is 0 Å². The molecule has 0 aromatic carbocycles. The van der Waals surface area contributed by atoms with E-state index in [1.807, 2.05) is 0 Å². The first-order valence-electron chi connectivity index (χ1n) is 10.8. The van der Waals surface area contributed by atoms with E-state index in [0.717, 1.165) is 0 Å². The van der Waals surface area contributed by atoms with Crippen molar-refractivity contribution < 1.29 is 32.7 Å². The van der Waals surface area contributed by atoms with Crippen molar-refractivity contribution >= 4 is 40.1 Å². The van der Waals surface area contributed by atoms with Crippen LogP contribution in [0, 0.1) is 0 Å². The summed E-state index contributed by atoms with van der Waals surface area (Å²) in [5, 5.41) is 11.7. The lowest BCUT2D eigenvalue weighted by Gasteiger charge is -2.28. The third-order valence-corrected chi connectivity index (χ3v) is 6.53. The first kappa shape index (κ1) is 28.3. The largest absolute Gasteiger partial charge is 0.481 e. The van der Waals surface area contributed by atoms with Gasteiger partial charge in [-0.05, 0) is 32.1 Å². The average Bonchev–Trinajstić information content (AvgIpc) is 3.22. The summed E-state index contributed by atoms with van der Waals surface area (Å²) >= 11 is 0. The molecule has 0 saturated carbocycles. The molecule has 1 aliphatic rings. The number of carbonyl (C=O) groups excluding carboxylic acids is 3. The number of nitrogens with one attached hydrogen (secondary N) is 2. The Morgan fingerprint density at radius 1 is 1.27 bits per heavy atom. The van der Waals surface area contributed by atoms with Crippen LogP contribution in [0.3, 0.4) is 0 Å². The Morgan fingerprint density at radius 3 is 2.55 bits per heavy atom. The molecular formula is C19H34N6O7S. The highest BCUT2D eigenvalue weighted by molar-refractivity contribution is 7.89. The number of nitrogens with zero attached hydrogens (tertiary/aromatic N) is 2. The van der Waals surface area contributed by atoms with Crippen LogP contribution >= 0.6 is 0 Å². The minimum atomic E-state index is -3.88. The number of nitrogens with two attached hydrogens (primary N) is 2. The summed E-state index contributed by atoms with van der Waals surface area (Å²) in [4.78, 5) is 53.4. The van der Waals surface area contributed by atoms with E-state index in [0.29, 0.717) is 38.4 Å². The summed E-state index contributed by atoms with van der Waals surface area (Å²) < 4.78 is 26.7. The van der Waals surface area contributed by atoms with Gasteiger partial charge in [-0.3, -0.25) is 19.4 Å². The van der Waals surface area contributed by atoms with Crippen LogP contribution < -0.4 is 21.5 Å². The summed E-state index contributed by atoms with van der Waals surface area (Å²) in [6.07, 6.45) is 2.29. The zero-order valence-electron chi connectivity index (χ0n) is 18.7. The first-order valence-corrected chi connectivity index (χ1v) is 12.5. The second-order valence-electron chi connectivity index (χ2n) is 7.83. The van der Waals surface area contributed by atoms with Gasteiger partial charge in [-0.15, -0.1) is 0 Å². The molecule has 0 radical (unpaired) electrons. The van der Waals surface area contributed by atoms with Gasteiger partial charge in [0, 0.05) is 13.1 Å². The van der Waals surface area contributed by atoms with Gasteiger partial charge in [0.25, 0.3) is 0 Å². The number of sulfonamides is 1. The highest BCUT2D eigenvalue weighted by Gasteiger charge is 2.39. The Bertz CT molecular complexity index is 828. The van der Waals surface area contributed by atoms with Gasteiger partial charge in [-0.25, -0.2) is 13.1 Å². The second kappa shape index (κ2) is 13.7. The van der Waals surface area contributed by atoms with Gasteiger partial charge in [0.15, 0.2) is 5.96 Å². The maximum absolute atomic E-state index is 13.0. The van der Waals surface area contributed by atoms with E-state index >= 15 is 0 Å². The number of rotatable bonds is 15. The molecule has 1 heterocycles. The molecule has 0 aromatic heterocycles. The van der Waals surface area contributed by atoms with Gasteiger partial charge in [0.05, 0.1) is 18.2 Å². The van der Waals surface area contributed by atoms with Crippen LogP contribution in [0.15, 0.2) is 4.99 Å². The molecule has 1 saturated heterocycles. The van der Waals surface area contributed by atoms with Gasteiger partial charge in [-0.1, -0.05) is 13.3 Å². The smallest absolute Gasteiger partial charge is 0.305 e. The molecule has 33 heavy (non-hydrogen) atoms. The Labute approximate surface area is 193 Å². The van der Waals surface area contributed by atoms with Crippen molar-refractivity contribution in [1.29, 1.82) is 0 Å². The van der Waals surface area contributed by atoms with Gasteiger partial charge in [0.2, 0.25) is 21.8 Å². The summed E-state index contributed by atoms with van der Waals surface area (Å²) in [5.74, 6) is -3.03. The zero-order chi connectivity index (χ0) is 25.0. The Balaban J connectivity index is 2.86. The topological polar surface area (TPSA) is 214 Å². The quantitative estimate of drug-likeness (QED) is 0.0762. The highest BCUT2D eigenvalue weighted by atomic mass is 32.2. The standard InChI is InChI=1S/C19H34N6O7S/c1-2-3-10-33(31,32)24-14(11-16(27)28)18(30)25-9-5-7-15(25)17(29)23-13(12-26)6-4-8-22-19(20)21/h12-15,24H,2-11H2,1H3,(H,23,29)(H,27,28)(H4,20,21,22)/t13-,14-,15+/m1/s1. The van der Waals surface area contributed by atoms with E-state index in [2.05, 4.69) is 15.0 Å². The number of carbonyl (C=O) groups is 4. The minimum absolute atomic E-state index is 0.0805. The second-order valence-corrected chi connectivity index (χ2v) is 9.70. The number of likely N-dealkylation sites (tertiary alicyclic amines) is 1. The molecule has 0 bridgehead atoms. The fourth-order valence-electron chi connectivity index (χ4n) is 3.44. The molecule has 13 nitrogen and oxygen atoms in total. The number of hydrogen-bond acceptors (Lipinski definition) is 7. The van der Waals surface area contributed by atoms with E-state index in [1.54, 1.807) is 6.92 Å². The van der Waals surface area contributed by atoms with Gasteiger partial charge in [-0.2, -0.15) is 0 Å². The molecule has 14 heteroatoms. The number of carboxylic acids is 1. The lowest BCUT2D eigenvalue weighted by atomic mass is 10.1. The summed E-state index contributed by atoms with van der Waals surface area (Å²) in [7, 11) is -3.88. The van der Waals surface area contributed by atoms with Gasteiger partial charge >= 0.3 is 5.97 Å². The molecule has 3 atom stereocenters. The Hall–Kier alpha value is -2.74. The lowest BCUT2D eigenvalue weighted by Crippen LogP contribution is -2.55. The van der Waals surface area contributed by atoms with Crippen LogP contribution in [-0.4, -0.2) is 85.4 Å². The van der Waals surface area contributed by atoms with Crippen molar-refractivity contribution in [1.82, 2.24) is 14.9 Å². The van der Waals surface area contributed by atoms with E-state index in [1.165, 1.54) is 4.90 Å². The fourth-order valence-corrected chi connectivity index (χ4v) is 4.84. The molecule has 1 aliphatic heterocycles. The molecule has 1 fully saturated rings. The van der Waals surface area contributed by atoms with E-state index in [-0.39, 0.29) is 31.2 Å². The third-order valence-electron chi connectivity index (χ3n) is 5.06. The Kier molecular flexibility index (Phi) is 11.8. The number of unbranched alkanes of at least 4 members (excludes halogenated alkanes) is 1. The number of aliphatic imine (C=N–C) groups is 1. The van der Waals surface area contributed by atoms with Crippen molar-refractivity contribution in [3.05, 3.63) is 0 Å². The van der Waals surface area contributed by atoms with Crippen molar-refractivity contribution in [2.45, 2.75) is 70.0 Å². The zero-order valence-corrected chi connectivity index (χ0v) is 19.6. The van der Waals surface area contributed by atoms with Crippen molar-refractivity contribution in [2.75, 3.05) is 18.8 Å². The first-order chi connectivity index (χ1) is 15.5. The molecular weight excluding hydrogens is 456 g/mol. The molecule has 1 rings (SSSR count). The molecule has 0 aromatic rings. The highest BCUT2D eigenvalue weighted by Crippen LogP contribution is 2.20. The normalized spacial score (nSPS) is 17.7. The maximum atomic E-state index is 13.0. The number of hydrogen-bond donors (Lipinski definition) is 5. The van der Waals surface area contributed by atoms with Crippen LogP contribution in [0.4, 0.5) is 0 Å². The molecule has 0 unspecified atom stereocenters. The lowest BCUT2D eigenvalue weighted by molar-refractivity contribution is -0.144. The number of aliphatic carboxylic acids is 1. The molecule has 188 valence electrons.